The van der Waals surface area contributed by atoms with E-state index in [0.29, 0.717) is 18.8 Å². The summed E-state index contributed by atoms with van der Waals surface area (Å²) in [6.07, 6.45) is 6.06. The summed E-state index contributed by atoms with van der Waals surface area (Å²) in [5, 5.41) is 23.4. The van der Waals surface area contributed by atoms with E-state index in [1.165, 1.54) is 11.6 Å². The zero-order chi connectivity index (χ0) is 22.2. The van der Waals surface area contributed by atoms with E-state index in [0.717, 1.165) is 18.1 Å². The molecule has 30 heavy (non-hydrogen) atoms. The number of aliphatic hydroxyl groups is 2. The zero-order valence-corrected chi connectivity index (χ0v) is 18.6. The van der Waals surface area contributed by atoms with Gasteiger partial charge in [-0.2, -0.15) is 0 Å². The van der Waals surface area contributed by atoms with Gasteiger partial charge in [-0.15, -0.1) is 0 Å². The Morgan fingerprint density at radius 3 is 2.60 bits per heavy atom. The molecular weight excluding hydrogens is 382 g/mol. The van der Waals surface area contributed by atoms with E-state index in [1.54, 1.807) is 0 Å². The topological polar surface area (TPSA) is 95.9 Å². The number of hydrogen-bond acceptors (Lipinski definition) is 5. The molecule has 0 saturated carbocycles. The minimum absolute atomic E-state index is 0.0785. The molecule has 0 aromatic carbocycles. The third kappa shape index (κ3) is 4.12. The van der Waals surface area contributed by atoms with Crippen molar-refractivity contribution in [2.24, 2.45) is 23.7 Å². The summed E-state index contributed by atoms with van der Waals surface area (Å²) in [4.78, 5) is 26.2. The van der Waals surface area contributed by atoms with Crippen molar-refractivity contribution in [3.8, 4) is 0 Å². The van der Waals surface area contributed by atoms with Crippen molar-refractivity contribution in [2.75, 3.05) is 0 Å². The van der Waals surface area contributed by atoms with Crippen LogP contribution in [-0.2, 0) is 14.3 Å². The number of carbonyl (C=O) groups is 2. The second-order valence-electron chi connectivity index (χ2n) is 9.64. The van der Waals surface area contributed by atoms with Crippen molar-refractivity contribution >= 4 is 11.9 Å². The first-order chi connectivity index (χ1) is 14.1. The fraction of sp³-hybridized carbons (Fsp3) is 0.667. The van der Waals surface area contributed by atoms with Crippen LogP contribution in [0.4, 0.5) is 0 Å². The summed E-state index contributed by atoms with van der Waals surface area (Å²) in [5.74, 6) is -1.02. The van der Waals surface area contributed by atoms with E-state index in [-0.39, 0.29) is 29.7 Å². The van der Waals surface area contributed by atoms with Gasteiger partial charge in [0.15, 0.2) is 0 Å². The van der Waals surface area contributed by atoms with Crippen LogP contribution < -0.4 is 5.32 Å². The van der Waals surface area contributed by atoms with Gasteiger partial charge in [0.25, 0.3) is 5.91 Å². The van der Waals surface area contributed by atoms with Crippen LogP contribution in [0.1, 0.15) is 53.9 Å². The van der Waals surface area contributed by atoms with E-state index in [4.69, 9.17) is 4.74 Å². The van der Waals surface area contributed by atoms with Crippen molar-refractivity contribution in [3.63, 3.8) is 0 Å². The summed E-state index contributed by atoms with van der Waals surface area (Å²) < 4.78 is 5.99. The van der Waals surface area contributed by atoms with Gasteiger partial charge in [0.1, 0.15) is 0 Å². The SMILES string of the molecule is CC1=C[C@@H]2/C=C(\C)CC[C@H](O)[C@H](O)/C=C/C(=O)O[C@]23C(=O)N[C@H](CC(C)C)[C@@H]3[C@H]1C. The Bertz CT molecular complexity index is 782. The molecule has 3 rings (SSSR count). The number of carbonyl (C=O) groups excluding carboxylic acids is 2. The Morgan fingerprint density at radius 1 is 1.23 bits per heavy atom. The molecule has 1 spiro atoms. The quantitative estimate of drug-likeness (QED) is 0.474. The van der Waals surface area contributed by atoms with Crippen LogP contribution in [0, 0.1) is 23.7 Å². The van der Waals surface area contributed by atoms with Gasteiger partial charge in [-0.3, -0.25) is 4.79 Å². The average molecular weight is 418 g/mol. The molecule has 1 aliphatic carbocycles. The highest BCUT2D eigenvalue weighted by atomic mass is 16.6. The lowest BCUT2D eigenvalue weighted by molar-refractivity contribution is -0.172. The number of hydrogen-bond donors (Lipinski definition) is 3. The largest absolute Gasteiger partial charge is 0.444 e. The van der Waals surface area contributed by atoms with Crippen LogP contribution in [0.3, 0.4) is 0 Å². The highest BCUT2D eigenvalue weighted by molar-refractivity contribution is 5.94. The highest BCUT2D eigenvalue weighted by Gasteiger charge is 2.64. The number of nitrogens with one attached hydrogen (secondary N) is 1. The Balaban J connectivity index is 2.13. The summed E-state index contributed by atoms with van der Waals surface area (Å²) in [5.41, 5.74) is 0.858. The number of esters is 1. The molecule has 2 aliphatic heterocycles. The van der Waals surface area contributed by atoms with E-state index in [2.05, 4.69) is 39.1 Å². The van der Waals surface area contributed by atoms with Gasteiger partial charge in [-0.25, -0.2) is 4.79 Å². The van der Waals surface area contributed by atoms with Crippen LogP contribution in [0.5, 0.6) is 0 Å². The maximum absolute atomic E-state index is 13.4. The first-order valence-electron chi connectivity index (χ1n) is 11.0. The molecule has 6 nitrogen and oxygen atoms in total. The second kappa shape index (κ2) is 8.67. The maximum atomic E-state index is 13.4. The lowest BCUT2D eigenvalue weighted by Gasteiger charge is -2.45. The molecule has 166 valence electrons. The third-order valence-corrected chi connectivity index (χ3v) is 6.91. The molecule has 1 amide bonds. The van der Waals surface area contributed by atoms with Gasteiger partial charge in [-0.05, 0) is 51.0 Å². The van der Waals surface area contributed by atoms with Crippen LogP contribution in [0.2, 0.25) is 0 Å². The fourth-order valence-corrected chi connectivity index (χ4v) is 5.27. The van der Waals surface area contributed by atoms with Crippen molar-refractivity contribution in [2.45, 2.75) is 77.7 Å². The van der Waals surface area contributed by atoms with Gasteiger partial charge in [0.05, 0.1) is 12.2 Å². The van der Waals surface area contributed by atoms with Gasteiger partial charge >= 0.3 is 5.97 Å². The van der Waals surface area contributed by atoms with Gasteiger partial charge < -0.3 is 20.3 Å². The zero-order valence-electron chi connectivity index (χ0n) is 18.6. The number of allylic oxidation sites excluding steroid dienone is 2. The molecule has 2 heterocycles. The average Bonchev–Trinajstić information content (AvgIpc) is 2.93. The number of aliphatic hydroxyl groups excluding tert-OH is 2. The van der Waals surface area contributed by atoms with Crippen molar-refractivity contribution in [1.29, 1.82) is 0 Å². The molecule has 3 aliphatic rings. The minimum Gasteiger partial charge on any atom is -0.444 e. The number of ether oxygens (including phenoxy) is 1. The molecule has 0 aromatic heterocycles. The molecule has 3 N–H and O–H groups in total. The van der Waals surface area contributed by atoms with Crippen molar-refractivity contribution < 1.29 is 24.5 Å². The number of rotatable bonds is 2. The summed E-state index contributed by atoms with van der Waals surface area (Å²) in [7, 11) is 0. The van der Waals surface area contributed by atoms with Crippen LogP contribution in [0.25, 0.3) is 0 Å². The lowest BCUT2D eigenvalue weighted by Crippen LogP contribution is -2.56. The molecule has 0 unspecified atom stereocenters. The summed E-state index contributed by atoms with van der Waals surface area (Å²) >= 11 is 0. The molecule has 0 aromatic rings. The maximum Gasteiger partial charge on any atom is 0.331 e. The van der Waals surface area contributed by atoms with Crippen LogP contribution in [0.15, 0.2) is 35.5 Å². The van der Waals surface area contributed by atoms with Gasteiger partial charge in [0.2, 0.25) is 5.60 Å². The van der Waals surface area contributed by atoms with Crippen molar-refractivity contribution in [1.82, 2.24) is 5.32 Å². The first-order valence-corrected chi connectivity index (χ1v) is 11.0. The molecular formula is C24H35NO5. The third-order valence-electron chi connectivity index (χ3n) is 6.91. The van der Waals surface area contributed by atoms with Gasteiger partial charge in [-0.1, -0.05) is 44.1 Å². The van der Waals surface area contributed by atoms with Gasteiger partial charge in [0, 0.05) is 24.0 Å². The van der Waals surface area contributed by atoms with E-state index < -0.39 is 23.8 Å². The molecule has 6 heteroatoms. The monoisotopic (exact) mass is 417 g/mol. The Morgan fingerprint density at radius 2 is 1.93 bits per heavy atom. The normalized spacial score (nSPS) is 42.5. The lowest BCUT2D eigenvalue weighted by atomic mass is 9.63. The van der Waals surface area contributed by atoms with E-state index in [9.17, 15) is 19.8 Å². The molecule has 7 atom stereocenters. The smallest absolute Gasteiger partial charge is 0.331 e. The standard InChI is InChI=1S/C24H35NO5/c1-13(2)10-18-22-16(5)15(4)12-17-11-14(3)6-7-19(26)20(27)8-9-21(28)30-24(17,22)23(29)25-18/h8-9,11-13,16-20,22,26-27H,6-7,10H2,1-5H3,(H,25,29)/b9-8+,14-11+/t16-,17-,18+,19-,20+,22-,24+/m0/s1. The molecule has 0 bridgehead atoms. The van der Waals surface area contributed by atoms with Crippen LogP contribution >= 0.6 is 0 Å². The Kier molecular flexibility index (Phi) is 6.58. The predicted molar refractivity (Wildman–Crippen MR) is 114 cm³/mol. The fourth-order valence-electron chi connectivity index (χ4n) is 5.27. The molecule has 1 saturated heterocycles. The summed E-state index contributed by atoms with van der Waals surface area (Å²) in [6, 6.07) is -0.0792. The minimum atomic E-state index is -1.32. The first kappa shape index (κ1) is 22.8. The van der Waals surface area contributed by atoms with E-state index >= 15 is 0 Å². The number of amides is 1. The second-order valence-corrected chi connectivity index (χ2v) is 9.64. The molecule has 0 radical (unpaired) electrons. The Hall–Kier alpha value is -1.92. The predicted octanol–water partition coefficient (Wildman–Crippen LogP) is 2.66. The Labute approximate surface area is 179 Å². The van der Waals surface area contributed by atoms with E-state index in [1.807, 2.05) is 13.0 Å². The molecule has 1 fully saturated rings. The highest BCUT2D eigenvalue weighted by Crippen LogP contribution is 2.50. The van der Waals surface area contributed by atoms with Crippen LogP contribution in [-0.4, -0.2) is 45.9 Å². The van der Waals surface area contributed by atoms with Crippen molar-refractivity contribution in [3.05, 3.63) is 35.5 Å². The summed E-state index contributed by atoms with van der Waals surface area (Å²) in [6.45, 7) is 10.4.